The van der Waals surface area contributed by atoms with E-state index in [1.54, 1.807) is 38.2 Å². The van der Waals surface area contributed by atoms with Crippen molar-refractivity contribution in [3.8, 4) is 10.4 Å². The molecule has 1 aliphatic rings. The maximum Gasteiger partial charge on any atom is 0.433 e. The molecule has 2 unspecified atom stereocenters. The number of hydrogen-bond donors (Lipinski definition) is 4. The number of carboxylic acid groups (broad SMARTS) is 1. The first-order valence-corrected chi connectivity index (χ1v) is 12.0. The Kier molecular flexibility index (Phi) is 6.80. The summed E-state index contributed by atoms with van der Waals surface area (Å²) in [5.74, 6) is -1.49. The first-order valence-electron chi connectivity index (χ1n) is 11.2. The van der Waals surface area contributed by atoms with Crippen LogP contribution in [0.25, 0.3) is 10.4 Å². The van der Waals surface area contributed by atoms with Crippen LogP contribution in [0.2, 0.25) is 0 Å². The number of nitrogens with zero attached hydrogens (tertiary/aromatic N) is 3. The Bertz CT molecular complexity index is 1280. The van der Waals surface area contributed by atoms with Crippen molar-refractivity contribution < 1.29 is 33.3 Å². The van der Waals surface area contributed by atoms with Crippen molar-refractivity contribution in [3.05, 3.63) is 52.9 Å². The van der Waals surface area contributed by atoms with E-state index in [1.807, 2.05) is 0 Å². The van der Waals surface area contributed by atoms with E-state index < -0.39 is 28.9 Å². The van der Waals surface area contributed by atoms with Crippen molar-refractivity contribution in [1.82, 2.24) is 15.0 Å². The third-order valence-electron chi connectivity index (χ3n) is 6.62. The number of halogens is 3. The molecule has 0 radical (unpaired) electrons. The van der Waals surface area contributed by atoms with Gasteiger partial charge in [-0.2, -0.15) is 13.2 Å². The Hall–Kier alpha value is -3.09. The molecule has 0 spiro atoms. The van der Waals surface area contributed by atoms with Gasteiger partial charge in [0.15, 0.2) is 5.60 Å². The van der Waals surface area contributed by atoms with Gasteiger partial charge in [-0.3, -0.25) is 0 Å². The minimum Gasteiger partial charge on any atom is -0.479 e. The van der Waals surface area contributed by atoms with Gasteiger partial charge < -0.3 is 20.6 Å². The van der Waals surface area contributed by atoms with E-state index in [-0.39, 0.29) is 24.9 Å². The molecule has 1 aliphatic carbocycles. The molecule has 2 aromatic heterocycles. The second-order valence-corrected chi connectivity index (χ2v) is 10.6. The number of hydrogen-bond acceptors (Lipinski definition) is 8. The second kappa shape index (κ2) is 9.41. The quantitative estimate of drug-likeness (QED) is 0.358. The predicted octanol–water partition coefficient (Wildman–Crippen LogP) is 4.96. The summed E-state index contributed by atoms with van der Waals surface area (Å²) in [5.41, 5.74) is -2.11. The predicted molar refractivity (Wildman–Crippen MR) is 127 cm³/mol. The van der Waals surface area contributed by atoms with Crippen LogP contribution < -0.4 is 5.32 Å². The lowest BCUT2D eigenvalue weighted by atomic mass is 9.62. The minimum atomic E-state index is -4.61. The monoisotopic (exact) mass is 522 g/mol. The lowest BCUT2D eigenvalue weighted by Gasteiger charge is -2.45. The zero-order valence-electron chi connectivity index (χ0n) is 19.5. The summed E-state index contributed by atoms with van der Waals surface area (Å²) in [5, 5.41) is 33.5. The fraction of sp³-hybridized carbons (Fsp3) is 0.417. The fourth-order valence-corrected chi connectivity index (χ4v) is 5.57. The molecule has 36 heavy (non-hydrogen) atoms. The number of aliphatic hydroxyl groups excluding tert-OH is 1. The highest BCUT2D eigenvalue weighted by Crippen LogP contribution is 2.50. The lowest BCUT2D eigenvalue weighted by molar-refractivity contribution is -0.180. The van der Waals surface area contributed by atoms with Crippen LogP contribution in [0.15, 0.2) is 36.7 Å². The smallest absolute Gasteiger partial charge is 0.433 e. The molecule has 1 aromatic carbocycles. The fourth-order valence-electron chi connectivity index (χ4n) is 4.53. The average molecular weight is 523 g/mol. The molecule has 0 amide bonds. The highest BCUT2D eigenvalue weighted by Gasteiger charge is 2.54. The second-order valence-electron chi connectivity index (χ2n) is 9.52. The minimum absolute atomic E-state index is 0.0319. The van der Waals surface area contributed by atoms with Crippen molar-refractivity contribution in [3.63, 3.8) is 0 Å². The van der Waals surface area contributed by atoms with E-state index >= 15 is 0 Å². The number of benzene rings is 1. The number of carboxylic acids is 1. The number of carbonyl (C=O) groups is 1. The molecule has 3 aromatic rings. The van der Waals surface area contributed by atoms with Crippen LogP contribution in [0.3, 0.4) is 0 Å². The standard InChI is InChI=1S/C24H25F3N4O4S/c1-22(2)10-14(3-5-23(22,35)20(33)34)19-29-11-17(36-19)15-7-13(12-32)8-16(9-15)30-21-28-6-4-18(31-21)24(25,26)27/h4,6-9,11,14,32,35H,3,5,10,12H2,1-2H3,(H,33,34)(H,28,30,31). The number of anilines is 2. The van der Waals surface area contributed by atoms with E-state index in [2.05, 4.69) is 20.3 Å². The Morgan fingerprint density at radius 2 is 2.00 bits per heavy atom. The van der Waals surface area contributed by atoms with Crippen LogP contribution in [-0.4, -0.2) is 41.8 Å². The third kappa shape index (κ3) is 5.06. The molecular weight excluding hydrogens is 497 g/mol. The zero-order valence-corrected chi connectivity index (χ0v) is 20.3. The van der Waals surface area contributed by atoms with Crippen LogP contribution in [0.5, 0.6) is 0 Å². The summed E-state index contributed by atoms with van der Waals surface area (Å²) in [6.07, 6.45) is -0.896. The highest BCUT2D eigenvalue weighted by atomic mass is 32.1. The maximum atomic E-state index is 13.0. The zero-order chi connectivity index (χ0) is 26.3. The summed E-state index contributed by atoms with van der Waals surface area (Å²) in [4.78, 5) is 24.3. The third-order valence-corrected chi connectivity index (χ3v) is 7.83. The number of aromatic nitrogens is 3. The Labute approximate surface area is 208 Å². The van der Waals surface area contributed by atoms with Gasteiger partial charge in [0.2, 0.25) is 5.95 Å². The molecule has 192 valence electrons. The van der Waals surface area contributed by atoms with Gasteiger partial charge in [0, 0.05) is 29.4 Å². The van der Waals surface area contributed by atoms with Crippen molar-refractivity contribution >= 4 is 28.9 Å². The summed E-state index contributed by atoms with van der Waals surface area (Å²) in [6.45, 7) is 3.18. The lowest BCUT2D eigenvalue weighted by Crippen LogP contribution is -2.54. The topological polar surface area (TPSA) is 128 Å². The number of aliphatic carboxylic acids is 1. The van der Waals surface area contributed by atoms with Crippen LogP contribution in [0.1, 0.15) is 55.3 Å². The summed E-state index contributed by atoms with van der Waals surface area (Å²) >= 11 is 1.41. The van der Waals surface area contributed by atoms with Gasteiger partial charge in [-0.05, 0) is 54.7 Å². The molecule has 2 heterocycles. The van der Waals surface area contributed by atoms with Gasteiger partial charge in [0.05, 0.1) is 16.5 Å². The van der Waals surface area contributed by atoms with Crippen molar-refractivity contribution in [2.75, 3.05) is 5.32 Å². The van der Waals surface area contributed by atoms with Gasteiger partial charge in [0.25, 0.3) is 0 Å². The largest absolute Gasteiger partial charge is 0.479 e. The summed E-state index contributed by atoms with van der Waals surface area (Å²) in [7, 11) is 0. The van der Waals surface area contributed by atoms with Crippen LogP contribution >= 0.6 is 11.3 Å². The Morgan fingerprint density at radius 1 is 1.25 bits per heavy atom. The van der Waals surface area contributed by atoms with Crippen molar-refractivity contribution in [1.29, 1.82) is 0 Å². The van der Waals surface area contributed by atoms with E-state index in [4.69, 9.17) is 0 Å². The number of rotatable bonds is 6. The van der Waals surface area contributed by atoms with E-state index in [9.17, 15) is 33.3 Å². The number of aliphatic hydroxyl groups is 2. The Balaban J connectivity index is 1.59. The van der Waals surface area contributed by atoms with Gasteiger partial charge in [-0.15, -0.1) is 11.3 Å². The first-order chi connectivity index (χ1) is 16.8. The van der Waals surface area contributed by atoms with Gasteiger partial charge in [-0.25, -0.2) is 19.7 Å². The highest BCUT2D eigenvalue weighted by molar-refractivity contribution is 7.15. The first kappa shape index (κ1) is 26.0. The van der Waals surface area contributed by atoms with Crippen LogP contribution in [-0.2, 0) is 17.6 Å². The van der Waals surface area contributed by atoms with E-state index in [0.29, 0.717) is 29.7 Å². The van der Waals surface area contributed by atoms with E-state index in [1.165, 1.54) is 11.3 Å². The number of nitrogens with one attached hydrogen (secondary N) is 1. The molecule has 4 rings (SSSR count). The normalized spacial score (nSPS) is 21.8. The average Bonchev–Trinajstić information content (AvgIpc) is 3.30. The van der Waals surface area contributed by atoms with Gasteiger partial charge in [-0.1, -0.05) is 13.8 Å². The van der Waals surface area contributed by atoms with Crippen LogP contribution in [0.4, 0.5) is 24.8 Å². The molecule has 0 aliphatic heterocycles. The number of alkyl halides is 3. The molecule has 2 atom stereocenters. The summed E-state index contributed by atoms with van der Waals surface area (Å²) < 4.78 is 39.0. The summed E-state index contributed by atoms with van der Waals surface area (Å²) in [6, 6.07) is 5.83. The molecule has 0 bridgehead atoms. The SMILES string of the molecule is CC1(C)CC(c2ncc(-c3cc(CO)cc(Nc4nccc(C(F)(F)F)n4)c3)s2)CCC1(O)C(=O)O. The molecular formula is C24H25F3N4O4S. The molecule has 4 N–H and O–H groups in total. The molecule has 12 heteroatoms. The Morgan fingerprint density at radius 3 is 2.64 bits per heavy atom. The maximum absolute atomic E-state index is 13.0. The van der Waals surface area contributed by atoms with Crippen LogP contribution in [0, 0.1) is 5.41 Å². The van der Waals surface area contributed by atoms with Crippen molar-refractivity contribution in [2.24, 2.45) is 5.41 Å². The molecule has 0 saturated heterocycles. The van der Waals surface area contributed by atoms with Gasteiger partial charge >= 0.3 is 12.1 Å². The van der Waals surface area contributed by atoms with Crippen molar-refractivity contribution in [2.45, 2.75) is 57.4 Å². The molecule has 1 fully saturated rings. The molecule has 8 nitrogen and oxygen atoms in total. The molecule has 1 saturated carbocycles. The number of thiazole rings is 1. The van der Waals surface area contributed by atoms with Gasteiger partial charge in [0.1, 0.15) is 5.69 Å². The van der Waals surface area contributed by atoms with E-state index in [0.717, 1.165) is 22.1 Å².